The van der Waals surface area contributed by atoms with Crippen LogP contribution < -0.4 is 66.3 Å². The van der Waals surface area contributed by atoms with Gasteiger partial charge in [0.1, 0.15) is 42.3 Å². The van der Waals surface area contributed by atoms with Crippen LogP contribution >= 0.6 is 0 Å². The van der Waals surface area contributed by atoms with E-state index in [1.165, 1.54) is 4.90 Å². The van der Waals surface area contributed by atoms with Gasteiger partial charge in [-0.05, 0) is 86.7 Å². The molecule has 24 heteroatoms. The van der Waals surface area contributed by atoms with Crippen molar-refractivity contribution in [1.29, 1.82) is 0 Å². The van der Waals surface area contributed by atoms with Crippen LogP contribution in [0.3, 0.4) is 0 Å². The van der Waals surface area contributed by atoms with Crippen molar-refractivity contribution in [1.82, 2.24) is 36.8 Å². The molecule has 0 aromatic heterocycles. The number of amides is 9. The van der Waals surface area contributed by atoms with Gasteiger partial charge in [0.25, 0.3) is 0 Å². The maximum atomic E-state index is 14.8. The Morgan fingerprint density at radius 3 is 1.58 bits per heavy atom. The third kappa shape index (κ3) is 18.9. The first-order chi connectivity index (χ1) is 36.7. The fraction of sp³-hybridized carbons (Fsp3) is 0.528. The number of allylic oxidation sites excluding steroid dienone is 2. The Hall–Kier alpha value is -8.05. The molecule has 0 spiro atoms. The number of guanidine groups is 2. The molecule has 10 atom stereocenters. The van der Waals surface area contributed by atoms with Crippen LogP contribution in [-0.4, -0.2) is 132 Å². The molecule has 1 aliphatic heterocycles. The number of nitrogens with two attached hydrogens (primary N) is 6. The predicted octanol–water partition coefficient (Wildman–Crippen LogP) is -1.90. The Labute approximate surface area is 448 Å². The fourth-order valence-electron chi connectivity index (χ4n) is 10.00. The summed E-state index contributed by atoms with van der Waals surface area (Å²) in [5.74, 6) is -6.77. The molecule has 3 aliphatic rings. The monoisotopic (exact) mass is 1070 g/mol. The molecular weight excluding hydrogens is 991 g/mol. The molecule has 18 N–H and O–H groups in total. The Bertz CT molecular complexity index is 2480. The average Bonchev–Trinajstić information content (AvgIpc) is 4.18. The number of nitrogens with one attached hydrogen (secondary N) is 6. The highest BCUT2D eigenvalue weighted by Crippen LogP contribution is 2.43. The zero-order valence-corrected chi connectivity index (χ0v) is 43.9. The molecule has 2 bridgehead atoms. The third-order valence-corrected chi connectivity index (χ3v) is 13.8. The molecule has 1 saturated carbocycles. The predicted molar refractivity (Wildman–Crippen MR) is 288 cm³/mol. The Kier molecular flexibility index (Phi) is 22.8. The topological polar surface area (TPSA) is 410 Å². The van der Waals surface area contributed by atoms with Gasteiger partial charge in [-0.2, -0.15) is 0 Å². The lowest BCUT2D eigenvalue weighted by Gasteiger charge is -2.31. The highest BCUT2D eigenvalue weighted by atomic mass is 16.2. The van der Waals surface area contributed by atoms with Gasteiger partial charge in [-0.1, -0.05) is 86.7 Å². The van der Waals surface area contributed by atoms with Crippen molar-refractivity contribution >= 4 is 65.1 Å². The van der Waals surface area contributed by atoms with Crippen molar-refractivity contribution in [2.24, 2.45) is 68.1 Å². The van der Waals surface area contributed by atoms with E-state index in [1.54, 1.807) is 30.3 Å². The molecule has 3 unspecified atom stereocenters. The van der Waals surface area contributed by atoms with E-state index in [9.17, 15) is 43.2 Å². The SMILES string of the molecule is CC(C)C[C@H](NC(=O)[C@H](Cc1ccccc1)NC(=O)C1CC2C=CC1C2)C(=O)N[C@@H](Cc1ccccc1)C(=O)N[C@@H](CCCN=C(N)N)C(=O)N1CCC[C@H]1C(=O)N[C@@H](CCCN=C(N)N)C(=O)N[C@@H](CC(N)=O)C(N)=O. The van der Waals surface area contributed by atoms with Crippen LogP contribution in [0, 0.1) is 23.7 Å². The van der Waals surface area contributed by atoms with E-state index >= 15 is 0 Å². The molecule has 1 saturated heterocycles. The molecule has 24 nitrogen and oxygen atoms in total. The number of benzene rings is 2. The standard InChI is InChI=1S/C53H77N15O9/c1-30(2)24-39(66-49(75)40(27-31-12-5-3-6-13-31)65-45(71)35-26-33-19-20-34(35)25-33)47(73)67-41(28-32-14-7-4-8-15-32)48(74)63-37(17-10-22-61-53(58)59)51(77)68-23-11-18-42(68)50(76)62-36(16-9-21-60-52(56)57)46(72)64-38(44(55)70)29-43(54)69/h3-8,12-15,19-20,30,33-42H,9-11,16-18,21-29H2,1-2H3,(H2,54,69)(H2,55,70)(H,62,76)(H,63,74)(H,64,72)(H,65,71)(H,66,75)(H,67,73)(H4,56,57,60)(H4,58,59,61)/t33?,34?,35?,36-,37-,38-,39-,40-,41-,42-/m0/s1. The fourth-order valence-corrected chi connectivity index (χ4v) is 10.00. The Morgan fingerprint density at radius 1 is 0.584 bits per heavy atom. The lowest BCUT2D eigenvalue weighted by Crippen LogP contribution is -2.60. The first-order valence-electron chi connectivity index (χ1n) is 26.3. The van der Waals surface area contributed by atoms with Crippen LogP contribution in [0.1, 0.15) is 89.2 Å². The van der Waals surface area contributed by atoms with Crippen molar-refractivity contribution in [2.75, 3.05) is 19.6 Å². The van der Waals surface area contributed by atoms with Crippen LogP contribution in [0.4, 0.5) is 0 Å². The van der Waals surface area contributed by atoms with Gasteiger partial charge in [-0.25, -0.2) is 0 Å². The van der Waals surface area contributed by atoms with Crippen molar-refractivity contribution in [3.05, 3.63) is 83.9 Å². The lowest BCUT2D eigenvalue weighted by molar-refractivity contribution is -0.142. The zero-order chi connectivity index (χ0) is 56.2. The van der Waals surface area contributed by atoms with Crippen molar-refractivity contribution < 1.29 is 43.2 Å². The van der Waals surface area contributed by atoms with Crippen LogP contribution in [0.15, 0.2) is 82.8 Å². The van der Waals surface area contributed by atoms with Gasteiger partial charge < -0.3 is 71.2 Å². The molecular formula is C53H77N15O9. The van der Waals surface area contributed by atoms with Crippen LogP contribution in [0.2, 0.25) is 0 Å². The molecule has 2 aromatic rings. The second-order valence-corrected chi connectivity index (χ2v) is 20.4. The number of carbonyl (C=O) groups excluding carboxylic acids is 9. The summed E-state index contributed by atoms with van der Waals surface area (Å²) in [4.78, 5) is 133. The summed E-state index contributed by atoms with van der Waals surface area (Å²) in [6, 6.07) is 9.41. The average molecular weight is 1070 g/mol. The van der Waals surface area contributed by atoms with E-state index in [0.29, 0.717) is 24.3 Å². The number of nitrogens with zero attached hydrogens (tertiary/aromatic N) is 3. The first kappa shape index (κ1) is 59.8. The van der Waals surface area contributed by atoms with Gasteiger partial charge >= 0.3 is 0 Å². The van der Waals surface area contributed by atoms with Gasteiger partial charge in [0.05, 0.1) is 6.42 Å². The van der Waals surface area contributed by atoms with E-state index in [-0.39, 0.29) is 107 Å². The number of primary amides is 2. The lowest BCUT2D eigenvalue weighted by atomic mass is 9.92. The molecule has 9 amide bonds. The number of hydrogen-bond donors (Lipinski definition) is 12. The first-order valence-corrected chi connectivity index (χ1v) is 26.3. The summed E-state index contributed by atoms with van der Waals surface area (Å²) in [5, 5.41) is 16.6. The minimum atomic E-state index is -1.48. The number of rotatable bonds is 30. The second kappa shape index (κ2) is 29.3. The molecule has 2 aromatic carbocycles. The molecule has 77 heavy (non-hydrogen) atoms. The molecule has 0 radical (unpaired) electrons. The summed E-state index contributed by atoms with van der Waals surface area (Å²) in [5.41, 5.74) is 34.3. The summed E-state index contributed by atoms with van der Waals surface area (Å²) in [7, 11) is 0. The summed E-state index contributed by atoms with van der Waals surface area (Å²) in [6.07, 6.45) is 6.34. The summed E-state index contributed by atoms with van der Waals surface area (Å²) < 4.78 is 0. The van der Waals surface area contributed by atoms with Crippen LogP contribution in [-0.2, 0) is 56.0 Å². The normalized spacial score (nSPS) is 19.5. The Morgan fingerprint density at radius 2 is 1.08 bits per heavy atom. The maximum Gasteiger partial charge on any atom is 0.245 e. The molecule has 5 rings (SSSR count). The van der Waals surface area contributed by atoms with Gasteiger partial charge in [-0.3, -0.25) is 53.1 Å². The largest absolute Gasteiger partial charge is 0.370 e. The van der Waals surface area contributed by atoms with Crippen LogP contribution in [0.25, 0.3) is 0 Å². The molecule has 2 aliphatic carbocycles. The number of aliphatic imine (C=N–C) groups is 2. The number of carbonyl (C=O) groups is 9. The van der Waals surface area contributed by atoms with Gasteiger partial charge in [-0.15, -0.1) is 0 Å². The van der Waals surface area contributed by atoms with Gasteiger partial charge in [0.15, 0.2) is 11.9 Å². The zero-order valence-electron chi connectivity index (χ0n) is 43.9. The van der Waals surface area contributed by atoms with Crippen molar-refractivity contribution in [2.45, 2.75) is 133 Å². The molecule has 1 heterocycles. The highest BCUT2D eigenvalue weighted by molar-refractivity contribution is 5.98. The Balaban J connectivity index is 1.38. The quantitative estimate of drug-likeness (QED) is 0.0176. The van der Waals surface area contributed by atoms with Crippen LogP contribution in [0.5, 0.6) is 0 Å². The smallest absolute Gasteiger partial charge is 0.245 e. The summed E-state index contributed by atoms with van der Waals surface area (Å²) >= 11 is 0. The van der Waals surface area contributed by atoms with Gasteiger partial charge in [0, 0.05) is 38.4 Å². The summed E-state index contributed by atoms with van der Waals surface area (Å²) in [6.45, 7) is 4.01. The molecule has 418 valence electrons. The highest BCUT2D eigenvalue weighted by Gasteiger charge is 2.42. The number of likely N-dealkylation sites (tertiary alicyclic amines) is 1. The number of hydrogen-bond acceptors (Lipinski definition) is 11. The number of fused-ring (bicyclic) bond motifs is 2. The van der Waals surface area contributed by atoms with Crippen molar-refractivity contribution in [3.8, 4) is 0 Å². The molecule has 2 fully saturated rings. The van der Waals surface area contributed by atoms with E-state index in [1.807, 2.05) is 44.2 Å². The van der Waals surface area contributed by atoms with E-state index in [0.717, 1.165) is 12.0 Å². The second-order valence-electron chi connectivity index (χ2n) is 20.4. The third-order valence-electron chi connectivity index (χ3n) is 13.8. The van der Waals surface area contributed by atoms with E-state index in [4.69, 9.17) is 34.4 Å². The minimum Gasteiger partial charge on any atom is -0.370 e. The van der Waals surface area contributed by atoms with E-state index < -0.39 is 96.0 Å². The van der Waals surface area contributed by atoms with Gasteiger partial charge in [0.2, 0.25) is 53.2 Å². The van der Waals surface area contributed by atoms with Crippen molar-refractivity contribution in [3.63, 3.8) is 0 Å². The van der Waals surface area contributed by atoms with E-state index in [2.05, 4.69) is 54.0 Å². The maximum absolute atomic E-state index is 14.8. The minimum absolute atomic E-state index is 0.0124.